The van der Waals surface area contributed by atoms with E-state index in [1.807, 2.05) is 43.3 Å². The Kier molecular flexibility index (Phi) is 6.52. The van der Waals surface area contributed by atoms with Crippen LogP contribution in [0.15, 0.2) is 42.1 Å². The molecule has 0 radical (unpaired) electrons. The average molecular weight is 326 g/mol. The number of carbonyl (C=O) groups is 2. The molecule has 6 nitrogen and oxygen atoms in total. The molecule has 1 aromatic carbocycles. The quantitative estimate of drug-likeness (QED) is 0.563. The summed E-state index contributed by atoms with van der Waals surface area (Å²) in [5.41, 5.74) is 0.835. The monoisotopic (exact) mass is 326 g/mol. The minimum absolute atomic E-state index is 0.0752. The summed E-state index contributed by atoms with van der Waals surface area (Å²) < 4.78 is 0. The van der Waals surface area contributed by atoms with Crippen molar-refractivity contribution in [2.45, 2.75) is 25.8 Å². The summed E-state index contributed by atoms with van der Waals surface area (Å²) >= 11 is 0. The molecule has 0 aromatic heterocycles. The molecular weight excluding hydrogens is 304 g/mol. The van der Waals surface area contributed by atoms with Gasteiger partial charge in [-0.1, -0.05) is 30.3 Å². The Bertz CT molecular complexity index is 643. The number of hydrogen-bond acceptors (Lipinski definition) is 4. The van der Waals surface area contributed by atoms with E-state index < -0.39 is 5.91 Å². The van der Waals surface area contributed by atoms with Gasteiger partial charge in [-0.3, -0.25) is 9.59 Å². The van der Waals surface area contributed by atoms with E-state index in [1.165, 1.54) is 6.20 Å². The second kappa shape index (κ2) is 8.85. The van der Waals surface area contributed by atoms with Crippen molar-refractivity contribution in [3.8, 4) is 6.07 Å². The third kappa shape index (κ3) is 4.93. The van der Waals surface area contributed by atoms with Crippen molar-refractivity contribution in [2.75, 3.05) is 13.1 Å². The highest BCUT2D eigenvalue weighted by Gasteiger charge is 2.21. The van der Waals surface area contributed by atoms with E-state index in [4.69, 9.17) is 5.26 Å². The van der Waals surface area contributed by atoms with Gasteiger partial charge in [0.05, 0.1) is 6.04 Å². The molecule has 24 heavy (non-hydrogen) atoms. The zero-order chi connectivity index (χ0) is 17.4. The Labute approximate surface area is 141 Å². The van der Waals surface area contributed by atoms with E-state index in [9.17, 15) is 9.59 Å². The van der Waals surface area contributed by atoms with Crippen molar-refractivity contribution < 1.29 is 9.59 Å². The van der Waals surface area contributed by atoms with Crippen LogP contribution in [0.2, 0.25) is 0 Å². The second-order valence-corrected chi connectivity index (χ2v) is 5.81. The molecule has 0 bridgehead atoms. The fourth-order valence-corrected chi connectivity index (χ4v) is 2.59. The molecule has 1 saturated heterocycles. The van der Waals surface area contributed by atoms with Gasteiger partial charge in [0.1, 0.15) is 11.6 Å². The first kappa shape index (κ1) is 17.7. The minimum Gasteiger partial charge on any atom is -0.345 e. The summed E-state index contributed by atoms with van der Waals surface area (Å²) in [4.78, 5) is 24.2. The maximum atomic E-state index is 12.2. The lowest BCUT2D eigenvalue weighted by Gasteiger charge is -2.21. The van der Waals surface area contributed by atoms with Crippen LogP contribution in [0.5, 0.6) is 0 Å². The van der Waals surface area contributed by atoms with Crippen LogP contribution in [0.4, 0.5) is 0 Å². The van der Waals surface area contributed by atoms with E-state index in [2.05, 4.69) is 16.0 Å². The number of rotatable bonds is 5. The van der Waals surface area contributed by atoms with Gasteiger partial charge in [-0.2, -0.15) is 5.26 Å². The van der Waals surface area contributed by atoms with Crippen LogP contribution < -0.4 is 16.0 Å². The number of nitrogens with zero attached hydrogens (tertiary/aromatic N) is 1. The van der Waals surface area contributed by atoms with Crippen LogP contribution in [0, 0.1) is 17.2 Å². The van der Waals surface area contributed by atoms with Gasteiger partial charge in [0.15, 0.2) is 0 Å². The largest absolute Gasteiger partial charge is 0.345 e. The Balaban J connectivity index is 1.93. The number of carbonyl (C=O) groups excluding carboxylic acids is 2. The van der Waals surface area contributed by atoms with Crippen LogP contribution in [0.25, 0.3) is 0 Å². The summed E-state index contributed by atoms with van der Waals surface area (Å²) in [5, 5.41) is 17.7. The zero-order valence-corrected chi connectivity index (χ0v) is 13.7. The first-order chi connectivity index (χ1) is 11.6. The van der Waals surface area contributed by atoms with Crippen LogP contribution in [-0.2, 0) is 9.59 Å². The molecule has 1 atom stereocenters. The van der Waals surface area contributed by atoms with Crippen molar-refractivity contribution >= 4 is 11.8 Å². The van der Waals surface area contributed by atoms with Crippen molar-refractivity contribution in [1.29, 1.82) is 5.26 Å². The fraction of sp³-hybridized carbons (Fsp3) is 0.389. The molecule has 1 heterocycles. The molecule has 2 rings (SSSR count). The Morgan fingerprint density at radius 3 is 2.58 bits per heavy atom. The van der Waals surface area contributed by atoms with Crippen LogP contribution >= 0.6 is 0 Å². The van der Waals surface area contributed by atoms with Crippen molar-refractivity contribution in [1.82, 2.24) is 16.0 Å². The molecule has 1 aliphatic heterocycles. The maximum absolute atomic E-state index is 12.2. The van der Waals surface area contributed by atoms with E-state index in [0.29, 0.717) is 0 Å². The topological polar surface area (TPSA) is 94.0 Å². The van der Waals surface area contributed by atoms with Crippen LogP contribution in [0.3, 0.4) is 0 Å². The van der Waals surface area contributed by atoms with Gasteiger partial charge < -0.3 is 16.0 Å². The molecule has 0 spiro atoms. The SMILES string of the molecule is CC(NC(=O)/C(C#N)=C\NC(=O)C1CCNCC1)c1ccccc1. The van der Waals surface area contributed by atoms with Gasteiger partial charge in [0.25, 0.3) is 5.91 Å². The molecule has 3 N–H and O–H groups in total. The predicted molar refractivity (Wildman–Crippen MR) is 90.4 cm³/mol. The molecule has 126 valence electrons. The summed E-state index contributed by atoms with van der Waals surface area (Å²) in [6, 6.07) is 11.1. The third-order valence-corrected chi connectivity index (χ3v) is 4.08. The number of hydrogen-bond donors (Lipinski definition) is 3. The van der Waals surface area contributed by atoms with E-state index in [-0.39, 0.29) is 23.4 Å². The highest BCUT2D eigenvalue weighted by atomic mass is 16.2. The predicted octanol–water partition coefficient (Wildman–Crippen LogP) is 1.39. The summed E-state index contributed by atoms with van der Waals surface area (Å²) in [5.74, 6) is -0.721. The average Bonchev–Trinajstić information content (AvgIpc) is 2.63. The van der Waals surface area contributed by atoms with E-state index in [1.54, 1.807) is 0 Å². The minimum atomic E-state index is -0.500. The Morgan fingerprint density at radius 2 is 1.96 bits per heavy atom. The summed E-state index contributed by atoms with van der Waals surface area (Å²) in [7, 11) is 0. The van der Waals surface area contributed by atoms with Gasteiger partial charge in [-0.05, 0) is 38.4 Å². The van der Waals surface area contributed by atoms with Crippen molar-refractivity contribution in [3.63, 3.8) is 0 Å². The molecule has 2 amide bonds. The molecule has 1 fully saturated rings. The van der Waals surface area contributed by atoms with Crippen molar-refractivity contribution in [3.05, 3.63) is 47.7 Å². The number of nitriles is 1. The number of nitrogens with one attached hydrogen (secondary N) is 3. The van der Waals surface area contributed by atoms with Crippen LogP contribution in [0.1, 0.15) is 31.4 Å². The van der Waals surface area contributed by atoms with Gasteiger partial charge in [0, 0.05) is 12.1 Å². The highest BCUT2D eigenvalue weighted by molar-refractivity contribution is 5.98. The number of piperidine rings is 1. The lowest BCUT2D eigenvalue weighted by molar-refractivity contribution is -0.124. The Hall–Kier alpha value is -2.65. The molecule has 1 aliphatic rings. The molecule has 0 saturated carbocycles. The second-order valence-electron chi connectivity index (χ2n) is 5.81. The summed E-state index contributed by atoms with van der Waals surface area (Å²) in [6.07, 6.45) is 2.73. The van der Waals surface area contributed by atoms with Gasteiger partial charge >= 0.3 is 0 Å². The molecule has 1 aromatic rings. The summed E-state index contributed by atoms with van der Waals surface area (Å²) in [6.45, 7) is 3.46. The first-order valence-electron chi connectivity index (χ1n) is 8.09. The first-order valence-corrected chi connectivity index (χ1v) is 8.09. The van der Waals surface area contributed by atoms with Gasteiger partial charge in [0.2, 0.25) is 5.91 Å². The standard InChI is InChI=1S/C18H22N4O2/c1-13(14-5-3-2-4-6-14)22-18(24)16(11-19)12-21-17(23)15-7-9-20-10-8-15/h2-6,12-13,15,20H,7-10H2,1H3,(H,21,23)(H,22,24)/b16-12-. The molecule has 6 heteroatoms. The lowest BCUT2D eigenvalue weighted by Crippen LogP contribution is -2.37. The van der Waals surface area contributed by atoms with Crippen molar-refractivity contribution in [2.24, 2.45) is 5.92 Å². The zero-order valence-electron chi connectivity index (χ0n) is 13.7. The lowest BCUT2D eigenvalue weighted by atomic mass is 9.97. The molecule has 0 aliphatic carbocycles. The number of amides is 2. The maximum Gasteiger partial charge on any atom is 0.263 e. The fourth-order valence-electron chi connectivity index (χ4n) is 2.59. The van der Waals surface area contributed by atoms with Gasteiger partial charge in [-0.15, -0.1) is 0 Å². The smallest absolute Gasteiger partial charge is 0.263 e. The van der Waals surface area contributed by atoms with Gasteiger partial charge in [-0.25, -0.2) is 0 Å². The van der Waals surface area contributed by atoms with E-state index in [0.717, 1.165) is 31.5 Å². The highest BCUT2D eigenvalue weighted by Crippen LogP contribution is 2.13. The Morgan fingerprint density at radius 1 is 1.29 bits per heavy atom. The molecular formula is C18H22N4O2. The normalized spacial score (nSPS) is 16.8. The third-order valence-electron chi connectivity index (χ3n) is 4.08. The van der Waals surface area contributed by atoms with E-state index >= 15 is 0 Å². The number of benzene rings is 1. The molecule has 1 unspecified atom stereocenters. The van der Waals surface area contributed by atoms with Crippen LogP contribution in [-0.4, -0.2) is 24.9 Å².